The zero-order chi connectivity index (χ0) is 14.3. The second-order valence-corrected chi connectivity index (χ2v) is 6.22. The normalized spacial score (nSPS) is 19.3. The summed E-state index contributed by atoms with van der Waals surface area (Å²) in [4.78, 5) is 8.91. The number of hydrogen-bond acceptors (Lipinski definition) is 3. The fourth-order valence-corrected chi connectivity index (χ4v) is 2.81. The van der Waals surface area contributed by atoms with Crippen LogP contribution in [-0.2, 0) is 5.41 Å². The predicted molar refractivity (Wildman–Crippen MR) is 79.8 cm³/mol. The summed E-state index contributed by atoms with van der Waals surface area (Å²) in [5.41, 5.74) is 1.17. The number of nitrogens with zero attached hydrogens (tertiary/aromatic N) is 2. The van der Waals surface area contributed by atoms with Gasteiger partial charge in [0.2, 0.25) is 0 Å². The van der Waals surface area contributed by atoms with Crippen molar-refractivity contribution >= 4 is 5.82 Å². The highest BCUT2D eigenvalue weighted by Crippen LogP contribution is 2.48. The van der Waals surface area contributed by atoms with E-state index in [1.165, 1.54) is 18.9 Å². The van der Waals surface area contributed by atoms with Crippen LogP contribution < -0.4 is 5.32 Å². The first-order chi connectivity index (χ1) is 10.3. The second kappa shape index (κ2) is 4.79. The largest absolute Gasteiger partial charge is 0.369 e. The van der Waals surface area contributed by atoms with E-state index < -0.39 is 0 Å². The summed E-state index contributed by atoms with van der Waals surface area (Å²) >= 11 is 0. The fraction of sp³-hybridized carbons (Fsp3) is 0.412. The smallest absolute Gasteiger partial charge is 0.133 e. The lowest BCUT2D eigenvalue weighted by molar-refractivity contribution is 0.618. The molecule has 2 aliphatic carbocycles. The molecule has 0 atom stereocenters. The van der Waals surface area contributed by atoms with Gasteiger partial charge in [0.15, 0.2) is 0 Å². The molecule has 0 unspecified atom stereocenters. The predicted octanol–water partition coefficient (Wildman–Crippen LogP) is 3.64. The molecule has 1 heterocycles. The van der Waals surface area contributed by atoms with Crippen LogP contribution in [0.25, 0.3) is 0 Å². The molecule has 4 rings (SSSR count). The summed E-state index contributed by atoms with van der Waals surface area (Å²) in [6, 6.07) is 8.88. The van der Waals surface area contributed by atoms with E-state index >= 15 is 0 Å². The summed E-state index contributed by atoms with van der Waals surface area (Å²) in [6.45, 7) is 0.803. The molecule has 3 nitrogen and oxygen atoms in total. The monoisotopic (exact) mass is 283 g/mol. The first-order valence-electron chi connectivity index (χ1n) is 7.58. The minimum atomic E-state index is -0.156. The Hall–Kier alpha value is -1.97. The van der Waals surface area contributed by atoms with Gasteiger partial charge in [-0.3, -0.25) is 0 Å². The van der Waals surface area contributed by atoms with Crippen LogP contribution in [0.3, 0.4) is 0 Å². The summed E-state index contributed by atoms with van der Waals surface area (Å²) in [5.74, 6) is 2.24. The molecule has 0 aliphatic heterocycles. The van der Waals surface area contributed by atoms with Gasteiger partial charge in [0.1, 0.15) is 17.5 Å². The van der Waals surface area contributed by atoms with Gasteiger partial charge in [0.05, 0.1) is 0 Å². The van der Waals surface area contributed by atoms with Crippen LogP contribution in [0.1, 0.15) is 43.0 Å². The maximum Gasteiger partial charge on any atom is 0.133 e. The van der Waals surface area contributed by atoms with Crippen LogP contribution in [0.2, 0.25) is 0 Å². The van der Waals surface area contributed by atoms with Gasteiger partial charge in [-0.05, 0) is 49.4 Å². The van der Waals surface area contributed by atoms with Crippen molar-refractivity contribution in [1.29, 1.82) is 0 Å². The summed E-state index contributed by atoms with van der Waals surface area (Å²) in [5, 5.41) is 3.41. The molecule has 1 N–H and O–H groups in total. The van der Waals surface area contributed by atoms with Crippen molar-refractivity contribution in [2.24, 2.45) is 0 Å². The van der Waals surface area contributed by atoms with Crippen molar-refractivity contribution < 1.29 is 4.39 Å². The molecule has 2 fully saturated rings. The molecule has 4 heteroatoms. The van der Waals surface area contributed by atoms with Crippen molar-refractivity contribution in [2.45, 2.75) is 37.0 Å². The molecule has 0 spiro atoms. The van der Waals surface area contributed by atoms with Crippen LogP contribution in [-0.4, -0.2) is 16.5 Å². The van der Waals surface area contributed by atoms with Crippen molar-refractivity contribution in [2.75, 3.05) is 11.9 Å². The lowest BCUT2D eigenvalue weighted by atomic mass is 9.96. The molecular weight excluding hydrogens is 265 g/mol. The van der Waals surface area contributed by atoms with E-state index in [0.717, 1.165) is 36.6 Å². The van der Waals surface area contributed by atoms with Gasteiger partial charge in [0, 0.05) is 24.1 Å². The van der Waals surface area contributed by atoms with E-state index in [1.807, 2.05) is 18.3 Å². The zero-order valence-electron chi connectivity index (χ0n) is 11.8. The Balaban J connectivity index is 1.47. The average molecular weight is 283 g/mol. The summed E-state index contributed by atoms with van der Waals surface area (Å²) in [7, 11) is 0. The van der Waals surface area contributed by atoms with Gasteiger partial charge in [-0.2, -0.15) is 0 Å². The highest BCUT2D eigenvalue weighted by atomic mass is 19.1. The van der Waals surface area contributed by atoms with Gasteiger partial charge in [0.25, 0.3) is 0 Å². The number of anilines is 1. The molecule has 0 amide bonds. The summed E-state index contributed by atoms with van der Waals surface area (Å²) in [6.07, 6.45) is 6.44. The zero-order valence-corrected chi connectivity index (χ0v) is 11.8. The fourth-order valence-electron chi connectivity index (χ4n) is 2.81. The van der Waals surface area contributed by atoms with E-state index in [4.69, 9.17) is 0 Å². The first-order valence-corrected chi connectivity index (χ1v) is 7.58. The topological polar surface area (TPSA) is 37.8 Å². The summed E-state index contributed by atoms with van der Waals surface area (Å²) < 4.78 is 13.4. The van der Waals surface area contributed by atoms with Crippen LogP contribution >= 0.6 is 0 Å². The molecule has 108 valence electrons. The van der Waals surface area contributed by atoms with Gasteiger partial charge < -0.3 is 5.32 Å². The molecule has 0 saturated heterocycles. The van der Waals surface area contributed by atoms with Crippen LogP contribution in [0.15, 0.2) is 36.5 Å². The molecule has 0 bridgehead atoms. The van der Waals surface area contributed by atoms with E-state index in [2.05, 4.69) is 15.3 Å². The van der Waals surface area contributed by atoms with Crippen LogP contribution in [0, 0.1) is 5.82 Å². The number of halogens is 1. The molecule has 2 saturated carbocycles. The number of benzene rings is 1. The Bertz CT molecular complexity index is 663. The molecule has 2 aromatic rings. The Morgan fingerprint density at radius 1 is 1.24 bits per heavy atom. The molecule has 1 aromatic heterocycles. The van der Waals surface area contributed by atoms with Gasteiger partial charge in [-0.1, -0.05) is 12.1 Å². The Kier molecular flexibility index (Phi) is 2.91. The SMILES string of the molecule is Fc1cccc(C2(CNc3ccnc(C4CC4)n3)CC2)c1. The third-order valence-corrected chi connectivity index (χ3v) is 4.52. The molecule has 1 aromatic carbocycles. The van der Waals surface area contributed by atoms with E-state index in [0.29, 0.717) is 5.92 Å². The lowest BCUT2D eigenvalue weighted by Crippen LogP contribution is -2.20. The van der Waals surface area contributed by atoms with Gasteiger partial charge in [-0.15, -0.1) is 0 Å². The maximum atomic E-state index is 13.4. The maximum absolute atomic E-state index is 13.4. The van der Waals surface area contributed by atoms with Crippen molar-refractivity contribution in [3.8, 4) is 0 Å². The van der Waals surface area contributed by atoms with Crippen LogP contribution in [0.4, 0.5) is 10.2 Å². The number of aromatic nitrogens is 2. The Morgan fingerprint density at radius 3 is 2.81 bits per heavy atom. The number of nitrogens with one attached hydrogen (secondary N) is 1. The molecule has 0 radical (unpaired) electrons. The lowest BCUT2D eigenvalue weighted by Gasteiger charge is -2.17. The van der Waals surface area contributed by atoms with Crippen molar-refractivity contribution in [3.05, 3.63) is 53.7 Å². The first kappa shape index (κ1) is 12.7. The second-order valence-electron chi connectivity index (χ2n) is 6.22. The average Bonchev–Trinajstić information content (AvgIpc) is 3.40. The van der Waals surface area contributed by atoms with Crippen molar-refractivity contribution in [3.63, 3.8) is 0 Å². The highest BCUT2D eigenvalue weighted by Gasteiger charge is 2.44. The molecular formula is C17H18FN3. The standard InChI is InChI=1S/C17H18FN3/c18-14-3-1-2-13(10-14)17(7-8-17)11-20-15-6-9-19-16(21-15)12-4-5-12/h1-3,6,9-10,12H,4-5,7-8,11H2,(H,19,20,21). The third-order valence-electron chi connectivity index (χ3n) is 4.52. The molecule has 2 aliphatic rings. The van der Waals surface area contributed by atoms with Crippen LogP contribution in [0.5, 0.6) is 0 Å². The van der Waals surface area contributed by atoms with E-state index in [1.54, 1.807) is 12.1 Å². The quantitative estimate of drug-likeness (QED) is 0.910. The Labute approximate surface area is 123 Å². The number of hydrogen-bond donors (Lipinski definition) is 1. The van der Waals surface area contributed by atoms with E-state index in [9.17, 15) is 4.39 Å². The van der Waals surface area contributed by atoms with Gasteiger partial charge >= 0.3 is 0 Å². The Morgan fingerprint density at radius 2 is 2.10 bits per heavy atom. The van der Waals surface area contributed by atoms with Crippen molar-refractivity contribution in [1.82, 2.24) is 9.97 Å². The minimum absolute atomic E-state index is 0.0762. The minimum Gasteiger partial charge on any atom is -0.369 e. The molecule has 21 heavy (non-hydrogen) atoms. The van der Waals surface area contributed by atoms with Gasteiger partial charge in [-0.25, -0.2) is 14.4 Å². The highest BCUT2D eigenvalue weighted by molar-refractivity contribution is 5.39. The van der Waals surface area contributed by atoms with E-state index in [-0.39, 0.29) is 11.2 Å². The third kappa shape index (κ3) is 2.62. The number of rotatable bonds is 5.